The van der Waals surface area contributed by atoms with Gasteiger partial charge in [-0.15, -0.1) is 11.3 Å². The van der Waals surface area contributed by atoms with Crippen LogP contribution in [0.3, 0.4) is 0 Å². The van der Waals surface area contributed by atoms with Gasteiger partial charge < -0.3 is 10.0 Å². The molecular weight excluding hydrogens is 246 g/mol. The van der Waals surface area contributed by atoms with Crippen molar-refractivity contribution >= 4 is 33.1 Å². The van der Waals surface area contributed by atoms with Crippen LogP contribution in [0.15, 0.2) is 29.6 Å². The van der Waals surface area contributed by atoms with Crippen LogP contribution in [0.1, 0.15) is 12.8 Å². The fourth-order valence-corrected chi connectivity index (χ4v) is 3.39. The molecule has 0 radical (unpaired) electrons. The monoisotopic (exact) mass is 261 g/mol. The fraction of sp³-hybridized carbons (Fsp3) is 0.357. The van der Waals surface area contributed by atoms with E-state index in [1.54, 1.807) is 11.3 Å². The van der Waals surface area contributed by atoms with Crippen LogP contribution < -0.4 is 4.90 Å². The Morgan fingerprint density at radius 3 is 2.83 bits per heavy atom. The summed E-state index contributed by atoms with van der Waals surface area (Å²) >= 11 is 1.71. The number of carboxylic acid groups (broad SMARTS) is 1. The molecule has 1 aromatic heterocycles. The Hall–Kier alpha value is -1.55. The minimum absolute atomic E-state index is 0.502. The first-order valence-electron chi connectivity index (χ1n) is 6.03. The predicted octanol–water partition coefficient (Wildman–Crippen LogP) is 3.20. The molecule has 1 fully saturated rings. The summed E-state index contributed by atoms with van der Waals surface area (Å²) in [5.74, 6) is -0.658. The lowest BCUT2D eigenvalue weighted by Gasteiger charge is -2.22. The van der Waals surface area contributed by atoms with Crippen LogP contribution in [0.25, 0.3) is 10.1 Å². The highest BCUT2D eigenvalue weighted by atomic mass is 32.1. The molecule has 0 amide bonds. The Balaban J connectivity index is 1.89. The van der Waals surface area contributed by atoms with Crippen molar-refractivity contribution in [3.8, 4) is 0 Å². The van der Waals surface area contributed by atoms with Crippen LogP contribution in [0.5, 0.6) is 0 Å². The van der Waals surface area contributed by atoms with Crippen molar-refractivity contribution < 1.29 is 9.90 Å². The second-order valence-corrected chi connectivity index (χ2v) is 5.97. The molecule has 1 N–H and O–H groups in total. The predicted molar refractivity (Wildman–Crippen MR) is 74.4 cm³/mol. The van der Waals surface area contributed by atoms with Gasteiger partial charge in [0.1, 0.15) is 0 Å². The molecule has 1 heterocycles. The van der Waals surface area contributed by atoms with E-state index in [1.807, 2.05) is 19.2 Å². The van der Waals surface area contributed by atoms with Gasteiger partial charge in [-0.1, -0.05) is 18.2 Å². The van der Waals surface area contributed by atoms with Crippen molar-refractivity contribution in [1.82, 2.24) is 0 Å². The van der Waals surface area contributed by atoms with E-state index in [-0.39, 0.29) is 0 Å². The maximum absolute atomic E-state index is 11.2. The first kappa shape index (κ1) is 11.5. The Kier molecular flexibility index (Phi) is 2.55. The molecule has 0 atom stereocenters. The molecule has 1 aliphatic rings. The SMILES string of the molecule is CN(CC1(C(=O)O)CC1)c1csc2ccccc12. The van der Waals surface area contributed by atoms with Gasteiger partial charge in [-0.25, -0.2) is 0 Å². The highest BCUT2D eigenvalue weighted by Crippen LogP contribution is 2.47. The van der Waals surface area contributed by atoms with Crippen molar-refractivity contribution in [1.29, 1.82) is 0 Å². The van der Waals surface area contributed by atoms with E-state index < -0.39 is 11.4 Å². The van der Waals surface area contributed by atoms with Crippen molar-refractivity contribution in [3.05, 3.63) is 29.6 Å². The van der Waals surface area contributed by atoms with E-state index in [4.69, 9.17) is 0 Å². The topological polar surface area (TPSA) is 40.5 Å². The van der Waals surface area contributed by atoms with Crippen LogP contribution in [0.2, 0.25) is 0 Å². The number of anilines is 1. The van der Waals surface area contributed by atoms with Crippen molar-refractivity contribution in [3.63, 3.8) is 0 Å². The Morgan fingerprint density at radius 2 is 2.17 bits per heavy atom. The quantitative estimate of drug-likeness (QED) is 0.918. The molecule has 0 spiro atoms. The fourth-order valence-electron chi connectivity index (χ4n) is 2.39. The smallest absolute Gasteiger partial charge is 0.311 e. The molecule has 1 aliphatic carbocycles. The molecule has 0 aliphatic heterocycles. The highest BCUT2D eigenvalue weighted by molar-refractivity contribution is 7.17. The van der Waals surface area contributed by atoms with E-state index in [9.17, 15) is 9.90 Å². The summed E-state index contributed by atoms with van der Waals surface area (Å²) in [4.78, 5) is 13.3. The molecule has 1 aromatic carbocycles. The normalized spacial score (nSPS) is 16.7. The number of fused-ring (bicyclic) bond motifs is 1. The van der Waals surface area contributed by atoms with Gasteiger partial charge in [-0.3, -0.25) is 4.79 Å². The maximum Gasteiger partial charge on any atom is 0.311 e. The second-order valence-electron chi connectivity index (χ2n) is 5.06. The lowest BCUT2D eigenvalue weighted by atomic mass is 10.1. The van der Waals surface area contributed by atoms with Gasteiger partial charge >= 0.3 is 5.97 Å². The molecule has 0 saturated heterocycles. The largest absolute Gasteiger partial charge is 0.481 e. The van der Waals surface area contributed by atoms with Gasteiger partial charge in [0.2, 0.25) is 0 Å². The van der Waals surface area contributed by atoms with Gasteiger partial charge in [0.05, 0.1) is 11.1 Å². The molecule has 3 nitrogen and oxygen atoms in total. The zero-order chi connectivity index (χ0) is 12.8. The Bertz CT molecular complexity index is 601. The third kappa shape index (κ3) is 1.77. The van der Waals surface area contributed by atoms with E-state index in [0.717, 1.165) is 18.5 Å². The standard InChI is InChI=1S/C14H15NO2S/c1-15(9-14(6-7-14)13(16)17)11-8-18-12-5-3-2-4-10(11)12/h2-5,8H,6-7,9H2,1H3,(H,16,17). The van der Waals surface area contributed by atoms with Gasteiger partial charge in [0, 0.05) is 29.1 Å². The van der Waals surface area contributed by atoms with Gasteiger partial charge in [0.25, 0.3) is 0 Å². The lowest BCUT2D eigenvalue weighted by Crippen LogP contribution is -2.31. The van der Waals surface area contributed by atoms with Gasteiger partial charge in [-0.2, -0.15) is 0 Å². The average molecular weight is 261 g/mol. The number of nitrogens with zero attached hydrogens (tertiary/aromatic N) is 1. The van der Waals surface area contributed by atoms with Gasteiger partial charge in [-0.05, 0) is 18.9 Å². The third-order valence-electron chi connectivity index (χ3n) is 3.72. The summed E-state index contributed by atoms with van der Waals surface area (Å²) in [6.45, 7) is 0.600. The number of carbonyl (C=O) groups is 1. The van der Waals surface area contributed by atoms with Crippen molar-refractivity contribution in [2.75, 3.05) is 18.5 Å². The van der Waals surface area contributed by atoms with Crippen LogP contribution in [0.4, 0.5) is 5.69 Å². The summed E-state index contributed by atoms with van der Waals surface area (Å²) in [7, 11) is 1.98. The first-order valence-corrected chi connectivity index (χ1v) is 6.91. The summed E-state index contributed by atoms with van der Waals surface area (Å²) < 4.78 is 1.25. The molecule has 0 bridgehead atoms. The Morgan fingerprint density at radius 1 is 1.44 bits per heavy atom. The van der Waals surface area contributed by atoms with Crippen LogP contribution >= 0.6 is 11.3 Å². The maximum atomic E-state index is 11.2. The molecule has 1 saturated carbocycles. The first-order chi connectivity index (χ1) is 8.62. The van der Waals surface area contributed by atoms with Crippen molar-refractivity contribution in [2.45, 2.75) is 12.8 Å². The molecule has 3 rings (SSSR count). The number of carboxylic acids is 1. The van der Waals surface area contributed by atoms with Gasteiger partial charge in [0.15, 0.2) is 0 Å². The third-order valence-corrected chi connectivity index (χ3v) is 4.67. The molecule has 94 valence electrons. The van der Waals surface area contributed by atoms with Crippen LogP contribution in [-0.4, -0.2) is 24.7 Å². The minimum atomic E-state index is -0.658. The summed E-state index contributed by atoms with van der Waals surface area (Å²) in [5, 5.41) is 12.6. The van der Waals surface area contributed by atoms with E-state index in [0.29, 0.717) is 6.54 Å². The molecule has 0 unspecified atom stereocenters. The number of aliphatic carboxylic acids is 1. The summed E-state index contributed by atoms with van der Waals surface area (Å²) in [6.07, 6.45) is 1.60. The molecule has 2 aromatic rings. The summed E-state index contributed by atoms with van der Waals surface area (Å²) in [6, 6.07) is 8.25. The van der Waals surface area contributed by atoms with E-state index >= 15 is 0 Å². The number of thiophene rings is 1. The van der Waals surface area contributed by atoms with E-state index in [1.165, 1.54) is 10.1 Å². The molecule has 18 heavy (non-hydrogen) atoms. The zero-order valence-corrected chi connectivity index (χ0v) is 11.0. The lowest BCUT2D eigenvalue weighted by molar-refractivity contribution is -0.142. The second kappa shape index (κ2) is 3.99. The minimum Gasteiger partial charge on any atom is -0.481 e. The number of rotatable bonds is 4. The highest BCUT2D eigenvalue weighted by Gasteiger charge is 2.51. The number of hydrogen-bond acceptors (Lipinski definition) is 3. The van der Waals surface area contributed by atoms with E-state index in [2.05, 4.69) is 22.4 Å². The summed E-state index contributed by atoms with van der Waals surface area (Å²) in [5.41, 5.74) is 0.640. The van der Waals surface area contributed by atoms with Crippen LogP contribution in [0, 0.1) is 5.41 Å². The number of benzene rings is 1. The zero-order valence-electron chi connectivity index (χ0n) is 10.2. The molecular formula is C14H15NO2S. The van der Waals surface area contributed by atoms with Crippen molar-refractivity contribution in [2.24, 2.45) is 5.41 Å². The number of hydrogen-bond donors (Lipinski definition) is 1. The molecule has 4 heteroatoms. The average Bonchev–Trinajstić information content (AvgIpc) is 3.01. The Labute approximate surface area is 110 Å². The van der Waals surface area contributed by atoms with Crippen LogP contribution in [-0.2, 0) is 4.79 Å².